The van der Waals surface area contributed by atoms with Crippen LogP contribution in [0.3, 0.4) is 0 Å². The van der Waals surface area contributed by atoms with Gasteiger partial charge < -0.3 is 4.57 Å². The minimum absolute atomic E-state index is 0.421. The molecule has 0 bridgehead atoms. The van der Waals surface area contributed by atoms with Crippen molar-refractivity contribution in [3.8, 4) is 11.1 Å². The first kappa shape index (κ1) is 23.1. The summed E-state index contributed by atoms with van der Waals surface area (Å²) < 4.78 is 15.8. The zero-order valence-electron chi connectivity index (χ0n) is 21.1. The minimum Gasteiger partial charge on any atom is -0.318 e. The van der Waals surface area contributed by atoms with E-state index in [1.807, 2.05) is 0 Å². The fraction of sp³-hybridized carbons (Fsp3) is 0.625. The van der Waals surface area contributed by atoms with Crippen molar-refractivity contribution in [2.75, 3.05) is 0 Å². The molecule has 0 amide bonds. The Morgan fingerprint density at radius 3 is 1.76 bits per heavy atom. The summed E-state index contributed by atoms with van der Waals surface area (Å²) >= 11 is 0. The molecule has 0 N–H and O–H groups in total. The van der Waals surface area contributed by atoms with Crippen LogP contribution in [0.1, 0.15) is 112 Å². The SMILES string of the molecule is O=P(c1ccc2c(c1-c1cccc3c1CCCC3)CCCC2)(C1CCCCC1)C1CCCCC1. The molecule has 0 saturated heterocycles. The second kappa shape index (κ2) is 9.97. The van der Waals surface area contributed by atoms with Gasteiger partial charge in [-0.05, 0) is 110 Å². The summed E-state index contributed by atoms with van der Waals surface area (Å²) in [7, 11) is -2.51. The van der Waals surface area contributed by atoms with Crippen LogP contribution in [0, 0.1) is 0 Å². The first-order valence-electron chi connectivity index (χ1n) is 14.6. The van der Waals surface area contributed by atoms with E-state index >= 15 is 4.57 Å². The van der Waals surface area contributed by atoms with Gasteiger partial charge >= 0.3 is 0 Å². The van der Waals surface area contributed by atoms with E-state index < -0.39 is 7.14 Å². The molecule has 2 saturated carbocycles. The number of rotatable bonds is 4. The molecular formula is C32H43OP. The predicted octanol–water partition coefficient (Wildman–Crippen LogP) is 8.77. The van der Waals surface area contributed by atoms with Gasteiger partial charge in [-0.1, -0.05) is 68.9 Å². The van der Waals surface area contributed by atoms with Crippen LogP contribution in [0.5, 0.6) is 0 Å². The van der Waals surface area contributed by atoms with Crippen molar-refractivity contribution >= 4 is 12.4 Å². The normalized spacial score (nSPS) is 22.2. The largest absolute Gasteiger partial charge is 0.318 e. The van der Waals surface area contributed by atoms with E-state index in [1.165, 1.54) is 132 Å². The zero-order valence-corrected chi connectivity index (χ0v) is 22.0. The van der Waals surface area contributed by atoms with Gasteiger partial charge in [0.1, 0.15) is 7.14 Å². The molecule has 0 aromatic heterocycles. The highest BCUT2D eigenvalue weighted by molar-refractivity contribution is 7.73. The molecule has 4 aliphatic rings. The number of fused-ring (bicyclic) bond motifs is 2. The Bertz CT molecular complexity index is 1050. The summed E-state index contributed by atoms with van der Waals surface area (Å²) in [6, 6.07) is 11.9. The maximum Gasteiger partial charge on any atom is 0.122 e. The highest BCUT2D eigenvalue weighted by Crippen LogP contribution is 2.63. The number of hydrogen-bond acceptors (Lipinski definition) is 1. The Morgan fingerprint density at radius 1 is 0.559 bits per heavy atom. The molecule has 0 unspecified atom stereocenters. The molecule has 0 heterocycles. The van der Waals surface area contributed by atoms with Crippen molar-refractivity contribution in [2.45, 2.75) is 127 Å². The molecule has 2 fully saturated rings. The molecule has 2 aromatic carbocycles. The molecule has 2 aromatic rings. The molecule has 34 heavy (non-hydrogen) atoms. The fourth-order valence-electron chi connectivity index (χ4n) is 8.04. The molecule has 0 atom stereocenters. The summed E-state index contributed by atoms with van der Waals surface area (Å²) in [5, 5.41) is 1.32. The van der Waals surface area contributed by atoms with Crippen LogP contribution in [0.15, 0.2) is 30.3 Å². The fourth-order valence-corrected chi connectivity index (χ4v) is 12.6. The Labute approximate surface area is 207 Å². The van der Waals surface area contributed by atoms with Crippen LogP contribution >= 0.6 is 7.14 Å². The molecule has 4 aliphatic carbocycles. The van der Waals surface area contributed by atoms with E-state index in [-0.39, 0.29) is 0 Å². The van der Waals surface area contributed by atoms with Crippen LogP contribution in [-0.4, -0.2) is 11.3 Å². The van der Waals surface area contributed by atoms with Crippen molar-refractivity contribution in [2.24, 2.45) is 0 Å². The summed E-state index contributed by atoms with van der Waals surface area (Å²) in [6.07, 6.45) is 22.6. The molecule has 2 heteroatoms. The van der Waals surface area contributed by atoms with E-state index in [4.69, 9.17) is 0 Å². The van der Waals surface area contributed by atoms with Gasteiger partial charge in [-0.2, -0.15) is 0 Å². The van der Waals surface area contributed by atoms with Crippen LogP contribution in [0.25, 0.3) is 11.1 Å². The van der Waals surface area contributed by atoms with Crippen LogP contribution < -0.4 is 5.30 Å². The van der Waals surface area contributed by atoms with Gasteiger partial charge in [0, 0.05) is 16.6 Å². The Kier molecular flexibility index (Phi) is 6.77. The highest BCUT2D eigenvalue weighted by atomic mass is 31.2. The molecule has 0 aliphatic heterocycles. The monoisotopic (exact) mass is 474 g/mol. The number of benzene rings is 2. The lowest BCUT2D eigenvalue weighted by Crippen LogP contribution is -2.31. The van der Waals surface area contributed by atoms with Gasteiger partial charge in [-0.15, -0.1) is 0 Å². The summed E-state index contributed by atoms with van der Waals surface area (Å²) in [4.78, 5) is 0. The van der Waals surface area contributed by atoms with E-state index in [1.54, 1.807) is 22.3 Å². The summed E-state index contributed by atoms with van der Waals surface area (Å²) in [6.45, 7) is 0. The molecule has 6 rings (SSSR count). The third-order valence-electron chi connectivity index (χ3n) is 9.79. The third-order valence-corrected chi connectivity index (χ3v) is 14.1. The predicted molar refractivity (Wildman–Crippen MR) is 146 cm³/mol. The van der Waals surface area contributed by atoms with Crippen LogP contribution in [-0.2, 0) is 30.2 Å². The standard InChI is InChI=1S/C32H43OP/c33-34(26-15-3-1-4-16-26,27-17-5-2-6-18-27)31-23-22-25-13-8-10-20-29(25)32(31)30-21-11-14-24-12-7-9-19-28(24)30/h11,14,21-23,26-27H,1-10,12-13,15-20H2. The zero-order chi connectivity index (χ0) is 23.0. The first-order valence-corrected chi connectivity index (χ1v) is 16.5. The maximum absolute atomic E-state index is 15.8. The lowest BCUT2D eigenvalue weighted by Gasteiger charge is -2.40. The van der Waals surface area contributed by atoms with E-state index in [0.29, 0.717) is 11.3 Å². The minimum atomic E-state index is -2.51. The van der Waals surface area contributed by atoms with Crippen molar-refractivity contribution in [1.29, 1.82) is 0 Å². The topological polar surface area (TPSA) is 17.1 Å². The Balaban J connectivity index is 1.59. The average Bonchev–Trinajstić information content (AvgIpc) is 2.92. The molecule has 0 radical (unpaired) electrons. The highest BCUT2D eigenvalue weighted by Gasteiger charge is 2.44. The molecular weight excluding hydrogens is 431 g/mol. The smallest absolute Gasteiger partial charge is 0.122 e. The van der Waals surface area contributed by atoms with Gasteiger partial charge in [-0.3, -0.25) is 0 Å². The lowest BCUT2D eigenvalue weighted by molar-refractivity contribution is 0.453. The van der Waals surface area contributed by atoms with E-state index in [9.17, 15) is 0 Å². The van der Waals surface area contributed by atoms with E-state index in [0.717, 1.165) is 0 Å². The van der Waals surface area contributed by atoms with Crippen molar-refractivity contribution in [1.82, 2.24) is 0 Å². The van der Waals surface area contributed by atoms with Crippen LogP contribution in [0.4, 0.5) is 0 Å². The first-order chi connectivity index (χ1) is 16.8. The second-order valence-corrected chi connectivity index (χ2v) is 15.1. The van der Waals surface area contributed by atoms with Crippen molar-refractivity contribution in [3.63, 3.8) is 0 Å². The van der Waals surface area contributed by atoms with Crippen LogP contribution in [0.2, 0.25) is 0 Å². The molecule has 1 nitrogen and oxygen atoms in total. The number of hydrogen-bond donors (Lipinski definition) is 0. The van der Waals surface area contributed by atoms with Crippen molar-refractivity contribution in [3.05, 3.63) is 52.6 Å². The van der Waals surface area contributed by atoms with Gasteiger partial charge in [-0.25, -0.2) is 0 Å². The maximum atomic E-state index is 15.8. The average molecular weight is 475 g/mol. The number of aryl methyl sites for hydroxylation is 2. The van der Waals surface area contributed by atoms with Gasteiger partial charge in [0.15, 0.2) is 0 Å². The summed E-state index contributed by atoms with van der Waals surface area (Å²) in [5.41, 5.74) is 10.1. The molecule has 0 spiro atoms. The molecule has 182 valence electrons. The van der Waals surface area contributed by atoms with Gasteiger partial charge in [0.2, 0.25) is 0 Å². The Morgan fingerprint density at radius 2 is 1.12 bits per heavy atom. The van der Waals surface area contributed by atoms with Gasteiger partial charge in [0.05, 0.1) is 0 Å². The van der Waals surface area contributed by atoms with Gasteiger partial charge in [0.25, 0.3) is 0 Å². The lowest BCUT2D eigenvalue weighted by atomic mass is 9.81. The quantitative estimate of drug-likeness (QED) is 0.405. The summed E-state index contributed by atoms with van der Waals surface area (Å²) in [5.74, 6) is 0. The van der Waals surface area contributed by atoms with E-state index in [2.05, 4.69) is 30.3 Å². The van der Waals surface area contributed by atoms with Crippen molar-refractivity contribution < 1.29 is 4.57 Å². The Hall–Kier alpha value is -1.33. The second-order valence-electron chi connectivity index (χ2n) is 11.7. The third kappa shape index (κ3) is 4.05.